The van der Waals surface area contributed by atoms with Crippen molar-refractivity contribution in [2.24, 2.45) is 0 Å². The van der Waals surface area contributed by atoms with Crippen LogP contribution < -0.4 is 0 Å². The molecule has 0 amide bonds. The smallest absolute Gasteiger partial charge is 0.127 e. The van der Waals surface area contributed by atoms with Gasteiger partial charge in [0.2, 0.25) is 0 Å². The fourth-order valence-corrected chi connectivity index (χ4v) is 3.35. The van der Waals surface area contributed by atoms with Gasteiger partial charge in [0.1, 0.15) is 5.82 Å². The van der Waals surface area contributed by atoms with Crippen molar-refractivity contribution >= 4 is 34.4 Å². The van der Waals surface area contributed by atoms with Crippen molar-refractivity contribution in [2.75, 3.05) is 6.26 Å². The van der Waals surface area contributed by atoms with Gasteiger partial charge in [-0.05, 0) is 38.2 Å². The van der Waals surface area contributed by atoms with Gasteiger partial charge in [0.15, 0.2) is 0 Å². The third kappa shape index (κ3) is 2.04. The summed E-state index contributed by atoms with van der Waals surface area (Å²) in [5, 5.41) is -0.0462. The molecule has 1 heterocycles. The Balaban J connectivity index is 2.09. The molecule has 0 saturated heterocycles. The lowest BCUT2D eigenvalue weighted by Gasteiger charge is -2.17. The van der Waals surface area contributed by atoms with Crippen LogP contribution in [-0.2, 0) is 6.54 Å². The van der Waals surface area contributed by atoms with E-state index in [2.05, 4.69) is 34.0 Å². The zero-order valence-electron chi connectivity index (χ0n) is 10.7. The molecule has 4 heteroatoms. The van der Waals surface area contributed by atoms with Crippen molar-refractivity contribution in [1.82, 2.24) is 9.55 Å². The Labute approximate surface area is 117 Å². The number of benzene rings is 1. The van der Waals surface area contributed by atoms with E-state index >= 15 is 0 Å². The second-order valence-electron chi connectivity index (χ2n) is 5.05. The van der Waals surface area contributed by atoms with Crippen LogP contribution in [0.15, 0.2) is 24.3 Å². The number of thioether (sulfide) groups is 1. The summed E-state index contributed by atoms with van der Waals surface area (Å²) < 4.78 is 2.74. The van der Waals surface area contributed by atoms with Gasteiger partial charge in [0.05, 0.1) is 16.4 Å². The normalized spacial score (nSPS) is 19.1. The van der Waals surface area contributed by atoms with Gasteiger partial charge in [-0.25, -0.2) is 4.98 Å². The third-order valence-electron chi connectivity index (χ3n) is 3.73. The van der Waals surface area contributed by atoms with Crippen molar-refractivity contribution < 1.29 is 0 Å². The number of halogens is 1. The molecular formula is C14H17ClN2S. The maximum Gasteiger partial charge on any atom is 0.127 e. The number of hydrogen-bond acceptors (Lipinski definition) is 2. The third-order valence-corrected chi connectivity index (χ3v) is 5.33. The zero-order chi connectivity index (χ0) is 12.8. The Bertz CT molecular complexity index is 572. The standard InChI is InChI=1S/C14H17ClN2S/c1-10(15)13-16-11-5-3-4-6-12(11)17(13)9-14(18-2)7-8-14/h3-6,10H,7-9H2,1-2H3. The van der Waals surface area contributed by atoms with Crippen LogP contribution in [0.4, 0.5) is 0 Å². The number of nitrogens with zero attached hydrogens (tertiary/aromatic N) is 2. The highest BCUT2D eigenvalue weighted by molar-refractivity contribution is 8.00. The molecule has 2 aromatic rings. The van der Waals surface area contributed by atoms with E-state index in [1.54, 1.807) is 0 Å². The van der Waals surface area contributed by atoms with Crippen molar-refractivity contribution in [3.05, 3.63) is 30.1 Å². The van der Waals surface area contributed by atoms with E-state index in [0.29, 0.717) is 4.75 Å². The summed E-state index contributed by atoms with van der Waals surface area (Å²) >= 11 is 8.26. The van der Waals surface area contributed by atoms with Crippen molar-refractivity contribution in [1.29, 1.82) is 0 Å². The molecule has 1 aromatic carbocycles. The highest BCUT2D eigenvalue weighted by Gasteiger charge is 2.43. The number of fused-ring (bicyclic) bond motifs is 1. The van der Waals surface area contributed by atoms with Crippen LogP contribution in [0.5, 0.6) is 0 Å². The molecule has 0 aliphatic heterocycles. The van der Waals surface area contributed by atoms with Gasteiger partial charge in [-0.15, -0.1) is 11.6 Å². The van der Waals surface area contributed by atoms with Crippen molar-refractivity contribution in [2.45, 2.75) is 36.4 Å². The molecule has 1 fully saturated rings. The summed E-state index contributed by atoms with van der Waals surface area (Å²) in [6, 6.07) is 8.31. The Morgan fingerprint density at radius 3 is 2.78 bits per heavy atom. The number of imidazole rings is 1. The molecule has 0 bridgehead atoms. The molecule has 18 heavy (non-hydrogen) atoms. The maximum absolute atomic E-state index is 6.28. The second-order valence-corrected chi connectivity index (χ2v) is 6.98. The molecule has 0 radical (unpaired) electrons. The predicted octanol–water partition coefficient (Wildman–Crippen LogP) is 4.23. The van der Waals surface area contributed by atoms with Crippen molar-refractivity contribution in [3.63, 3.8) is 0 Å². The molecule has 3 rings (SSSR count). The van der Waals surface area contributed by atoms with E-state index in [-0.39, 0.29) is 5.38 Å². The predicted molar refractivity (Wildman–Crippen MR) is 79.5 cm³/mol. The van der Waals surface area contributed by atoms with Crippen molar-refractivity contribution in [3.8, 4) is 0 Å². The van der Waals surface area contributed by atoms with E-state index in [1.165, 1.54) is 18.4 Å². The van der Waals surface area contributed by atoms with Gasteiger partial charge >= 0.3 is 0 Å². The lowest BCUT2D eigenvalue weighted by molar-refractivity contribution is 0.639. The summed E-state index contributed by atoms with van der Waals surface area (Å²) in [6.45, 7) is 3.03. The Morgan fingerprint density at radius 1 is 1.44 bits per heavy atom. The summed E-state index contributed by atoms with van der Waals surface area (Å²) in [6.07, 6.45) is 4.81. The number of rotatable bonds is 4. The topological polar surface area (TPSA) is 17.8 Å². The van der Waals surface area contributed by atoms with E-state index in [4.69, 9.17) is 11.6 Å². The first-order valence-electron chi connectivity index (χ1n) is 6.30. The Morgan fingerprint density at radius 2 is 2.17 bits per heavy atom. The SMILES string of the molecule is CSC1(Cn2c(C(C)Cl)nc3ccccc32)CC1. The number of hydrogen-bond donors (Lipinski definition) is 0. The average molecular weight is 281 g/mol. The summed E-state index contributed by atoms with van der Waals surface area (Å²) in [7, 11) is 0. The fraction of sp³-hybridized carbons (Fsp3) is 0.500. The first-order chi connectivity index (χ1) is 8.65. The Kier molecular flexibility index (Phi) is 3.07. The molecule has 1 aliphatic carbocycles. The number of aromatic nitrogens is 2. The van der Waals surface area contributed by atoms with Gasteiger partial charge in [-0.2, -0.15) is 11.8 Å². The zero-order valence-corrected chi connectivity index (χ0v) is 12.3. The summed E-state index contributed by atoms with van der Waals surface area (Å²) in [4.78, 5) is 4.68. The lowest BCUT2D eigenvalue weighted by Crippen LogP contribution is -2.16. The van der Waals surface area contributed by atoms with Crippen LogP contribution in [0.3, 0.4) is 0 Å². The van der Waals surface area contributed by atoms with Gasteiger partial charge in [-0.3, -0.25) is 0 Å². The Hall–Kier alpha value is -0.670. The van der Waals surface area contributed by atoms with E-state index in [9.17, 15) is 0 Å². The van der Waals surface area contributed by atoms with Gasteiger partial charge in [-0.1, -0.05) is 12.1 Å². The quantitative estimate of drug-likeness (QED) is 0.780. The molecule has 0 spiro atoms. The number of para-hydroxylation sites is 2. The monoisotopic (exact) mass is 280 g/mol. The fourth-order valence-electron chi connectivity index (χ4n) is 2.42. The van der Waals surface area contributed by atoms with Crippen LogP contribution in [0, 0.1) is 0 Å². The largest absolute Gasteiger partial charge is 0.325 e. The average Bonchev–Trinajstić information content (AvgIpc) is 3.05. The van der Waals surface area contributed by atoms with E-state index in [0.717, 1.165) is 17.9 Å². The summed E-state index contributed by atoms with van der Waals surface area (Å²) in [5.41, 5.74) is 2.26. The molecule has 1 aromatic heterocycles. The van der Waals surface area contributed by atoms with Crippen LogP contribution >= 0.6 is 23.4 Å². The van der Waals surface area contributed by atoms with Gasteiger partial charge in [0, 0.05) is 11.3 Å². The molecule has 1 aliphatic rings. The van der Waals surface area contributed by atoms with Crippen LogP contribution in [-0.4, -0.2) is 20.6 Å². The molecule has 2 nitrogen and oxygen atoms in total. The van der Waals surface area contributed by atoms with E-state index < -0.39 is 0 Å². The highest BCUT2D eigenvalue weighted by atomic mass is 35.5. The van der Waals surface area contributed by atoms with Crippen LogP contribution in [0.25, 0.3) is 11.0 Å². The summed E-state index contributed by atoms with van der Waals surface area (Å²) in [5.74, 6) is 0.998. The minimum absolute atomic E-state index is 0.0462. The minimum atomic E-state index is -0.0462. The van der Waals surface area contributed by atoms with E-state index in [1.807, 2.05) is 24.8 Å². The first-order valence-corrected chi connectivity index (χ1v) is 7.96. The van der Waals surface area contributed by atoms with Crippen LogP contribution in [0.2, 0.25) is 0 Å². The lowest BCUT2D eigenvalue weighted by atomic mass is 10.3. The van der Waals surface area contributed by atoms with Gasteiger partial charge < -0.3 is 4.57 Å². The molecule has 1 atom stereocenters. The first kappa shape index (κ1) is 12.4. The highest BCUT2D eigenvalue weighted by Crippen LogP contribution is 2.49. The second kappa shape index (κ2) is 4.46. The molecule has 96 valence electrons. The van der Waals surface area contributed by atoms with Crippen LogP contribution in [0.1, 0.15) is 31.0 Å². The maximum atomic E-state index is 6.28. The number of alkyl halides is 1. The molecule has 0 N–H and O–H groups in total. The minimum Gasteiger partial charge on any atom is -0.325 e. The molecule has 1 saturated carbocycles. The molecular weight excluding hydrogens is 264 g/mol. The molecule has 1 unspecified atom stereocenters. The van der Waals surface area contributed by atoms with Gasteiger partial charge in [0.25, 0.3) is 0 Å².